The van der Waals surface area contributed by atoms with Gasteiger partial charge in [-0.25, -0.2) is 4.39 Å². The van der Waals surface area contributed by atoms with Crippen molar-refractivity contribution in [2.45, 2.75) is 37.8 Å². The highest BCUT2D eigenvalue weighted by molar-refractivity contribution is 5.95. The average molecular weight is 473 g/mol. The van der Waals surface area contributed by atoms with Crippen LogP contribution in [0, 0.1) is 5.82 Å². The van der Waals surface area contributed by atoms with Gasteiger partial charge in [0.25, 0.3) is 5.56 Å². The van der Waals surface area contributed by atoms with Gasteiger partial charge >= 0.3 is 0 Å². The number of Topliss-reactive ketones (excluding diaryl/α,β-unsaturated/α-hetero) is 1. The molecule has 2 aliphatic rings. The number of hydrogen-bond donors (Lipinski definition) is 0. The maximum absolute atomic E-state index is 13.4. The molecule has 0 N–H and O–H groups in total. The zero-order valence-electron chi connectivity index (χ0n) is 19.7. The number of hydrogen-bond acceptors (Lipinski definition) is 4. The lowest BCUT2D eigenvalue weighted by atomic mass is 9.83. The Morgan fingerprint density at radius 3 is 2.29 bits per heavy atom. The third kappa shape index (κ3) is 3.65. The number of aryl methyl sites for hydroxylation is 1. The standard InChI is InChI=1S/C28H29FN4O2/c29-21-8-10-22(11-9-21)33-18-12-26(34)28(33)13-19-30(20-14-28)15-4-17-32-24-6-2-1-5-23(24)31-16-3-7-25(31)27(32)35/h1-3,5-11,16H,4,12-15,17-20H2. The van der Waals surface area contributed by atoms with Crippen molar-refractivity contribution in [2.24, 2.45) is 0 Å². The highest BCUT2D eigenvalue weighted by Gasteiger charge is 2.49. The molecule has 4 aromatic rings. The zero-order chi connectivity index (χ0) is 24.0. The highest BCUT2D eigenvalue weighted by atomic mass is 19.1. The topological polar surface area (TPSA) is 50.0 Å². The Balaban J connectivity index is 1.14. The molecule has 0 aliphatic carbocycles. The normalized spacial score (nSPS) is 18.3. The summed E-state index contributed by atoms with van der Waals surface area (Å²) in [6.45, 7) is 3.92. The Kier molecular flexibility index (Phi) is 5.44. The molecule has 180 valence electrons. The molecule has 2 aromatic heterocycles. The largest absolute Gasteiger partial charge is 0.358 e. The quantitative estimate of drug-likeness (QED) is 0.439. The summed E-state index contributed by atoms with van der Waals surface area (Å²) < 4.78 is 17.3. The van der Waals surface area contributed by atoms with Crippen LogP contribution in [0.3, 0.4) is 0 Å². The van der Waals surface area contributed by atoms with Crippen LogP contribution in [0.1, 0.15) is 25.7 Å². The number of halogens is 1. The third-order valence-electron chi connectivity index (χ3n) is 7.92. The van der Waals surface area contributed by atoms with E-state index in [0.717, 1.165) is 55.6 Å². The number of anilines is 1. The smallest absolute Gasteiger partial charge is 0.275 e. The van der Waals surface area contributed by atoms with Gasteiger partial charge < -0.3 is 18.8 Å². The molecule has 2 aromatic carbocycles. The van der Waals surface area contributed by atoms with Crippen molar-refractivity contribution >= 4 is 28.0 Å². The molecule has 7 heteroatoms. The van der Waals surface area contributed by atoms with Crippen LogP contribution in [0.25, 0.3) is 16.6 Å². The second-order valence-corrected chi connectivity index (χ2v) is 9.74. The summed E-state index contributed by atoms with van der Waals surface area (Å²) in [5.41, 5.74) is 3.18. The molecule has 2 aliphatic heterocycles. The molecule has 0 saturated carbocycles. The molecule has 0 unspecified atom stereocenters. The Morgan fingerprint density at radius 2 is 1.51 bits per heavy atom. The van der Waals surface area contributed by atoms with Gasteiger partial charge in [-0.15, -0.1) is 0 Å². The molecule has 0 radical (unpaired) electrons. The van der Waals surface area contributed by atoms with Crippen molar-refractivity contribution in [1.29, 1.82) is 0 Å². The molecule has 0 amide bonds. The van der Waals surface area contributed by atoms with E-state index >= 15 is 0 Å². The Hall–Kier alpha value is -3.45. The molecule has 4 heterocycles. The fourth-order valence-electron chi connectivity index (χ4n) is 6.09. The lowest BCUT2D eigenvalue weighted by Crippen LogP contribution is -2.56. The molecule has 6 nitrogen and oxygen atoms in total. The van der Waals surface area contributed by atoms with Crippen LogP contribution in [-0.4, -0.2) is 51.4 Å². The summed E-state index contributed by atoms with van der Waals surface area (Å²) in [6, 6.07) is 18.3. The first kappa shape index (κ1) is 22.0. The summed E-state index contributed by atoms with van der Waals surface area (Å²) in [4.78, 5) is 30.7. The lowest BCUT2D eigenvalue weighted by Gasteiger charge is -2.44. The Bertz CT molecular complexity index is 1450. The summed E-state index contributed by atoms with van der Waals surface area (Å²) in [5, 5.41) is 0. The van der Waals surface area contributed by atoms with Gasteiger partial charge in [-0.3, -0.25) is 9.59 Å². The van der Waals surface area contributed by atoms with E-state index in [4.69, 9.17) is 0 Å². The number of para-hydroxylation sites is 2. The maximum Gasteiger partial charge on any atom is 0.275 e. The van der Waals surface area contributed by atoms with Gasteiger partial charge in [0.15, 0.2) is 5.78 Å². The monoisotopic (exact) mass is 472 g/mol. The first-order chi connectivity index (χ1) is 17.1. The van der Waals surface area contributed by atoms with Crippen LogP contribution in [-0.2, 0) is 11.3 Å². The van der Waals surface area contributed by atoms with E-state index < -0.39 is 5.54 Å². The first-order valence-corrected chi connectivity index (χ1v) is 12.4. The number of likely N-dealkylation sites (tertiary alicyclic amines) is 1. The third-order valence-corrected chi connectivity index (χ3v) is 7.92. The average Bonchev–Trinajstić information content (AvgIpc) is 3.49. The molecule has 1 spiro atoms. The van der Waals surface area contributed by atoms with Gasteiger partial charge in [0.05, 0.1) is 11.0 Å². The molecule has 0 atom stereocenters. The molecular formula is C28H29FN4O2. The van der Waals surface area contributed by atoms with E-state index in [1.807, 2.05) is 51.6 Å². The number of benzene rings is 2. The number of ketones is 1. The van der Waals surface area contributed by atoms with Crippen molar-refractivity contribution in [3.05, 3.63) is 83.0 Å². The van der Waals surface area contributed by atoms with E-state index in [2.05, 4.69) is 9.80 Å². The molecule has 2 fully saturated rings. The zero-order valence-corrected chi connectivity index (χ0v) is 19.7. The molecule has 0 bridgehead atoms. The first-order valence-electron chi connectivity index (χ1n) is 12.4. The number of carbonyl (C=O) groups is 1. The van der Waals surface area contributed by atoms with Crippen LogP contribution >= 0.6 is 0 Å². The second-order valence-electron chi connectivity index (χ2n) is 9.74. The summed E-state index contributed by atoms with van der Waals surface area (Å²) in [7, 11) is 0. The molecule has 35 heavy (non-hydrogen) atoms. The van der Waals surface area contributed by atoms with E-state index in [-0.39, 0.29) is 11.4 Å². The fraction of sp³-hybridized carbons (Fsp3) is 0.357. The minimum Gasteiger partial charge on any atom is -0.358 e. The number of aromatic nitrogens is 2. The molecule has 2 saturated heterocycles. The second kappa shape index (κ2) is 8.64. The van der Waals surface area contributed by atoms with Crippen molar-refractivity contribution < 1.29 is 9.18 Å². The van der Waals surface area contributed by atoms with Crippen LogP contribution in [0.2, 0.25) is 0 Å². The predicted octanol–water partition coefficient (Wildman–Crippen LogP) is 4.10. The number of piperidine rings is 1. The maximum atomic E-state index is 13.4. The van der Waals surface area contributed by atoms with Crippen LogP contribution in [0.5, 0.6) is 0 Å². The van der Waals surface area contributed by atoms with Crippen LogP contribution in [0.4, 0.5) is 10.1 Å². The van der Waals surface area contributed by atoms with E-state index in [0.29, 0.717) is 30.8 Å². The van der Waals surface area contributed by atoms with E-state index in [1.165, 1.54) is 12.1 Å². The Labute approximate surface area is 203 Å². The van der Waals surface area contributed by atoms with Crippen LogP contribution < -0.4 is 10.5 Å². The van der Waals surface area contributed by atoms with Crippen molar-refractivity contribution in [3.8, 4) is 0 Å². The van der Waals surface area contributed by atoms with Gasteiger partial charge in [-0.05, 0) is 74.3 Å². The molecular weight excluding hydrogens is 443 g/mol. The van der Waals surface area contributed by atoms with Crippen molar-refractivity contribution in [1.82, 2.24) is 13.9 Å². The Morgan fingerprint density at radius 1 is 0.800 bits per heavy atom. The van der Waals surface area contributed by atoms with Gasteiger partial charge in [0.1, 0.15) is 16.9 Å². The van der Waals surface area contributed by atoms with Gasteiger partial charge in [-0.2, -0.15) is 0 Å². The van der Waals surface area contributed by atoms with E-state index in [9.17, 15) is 14.0 Å². The van der Waals surface area contributed by atoms with Gasteiger partial charge in [0, 0.05) is 44.5 Å². The molecule has 6 rings (SSSR count). The van der Waals surface area contributed by atoms with E-state index in [1.54, 1.807) is 12.1 Å². The van der Waals surface area contributed by atoms with Crippen molar-refractivity contribution in [2.75, 3.05) is 31.1 Å². The lowest BCUT2D eigenvalue weighted by molar-refractivity contribution is -0.123. The van der Waals surface area contributed by atoms with Crippen molar-refractivity contribution in [3.63, 3.8) is 0 Å². The summed E-state index contributed by atoms with van der Waals surface area (Å²) in [6.07, 6.45) is 4.91. The summed E-state index contributed by atoms with van der Waals surface area (Å²) in [5.74, 6) is 0.0474. The summed E-state index contributed by atoms with van der Waals surface area (Å²) >= 11 is 0. The van der Waals surface area contributed by atoms with Gasteiger partial charge in [0.2, 0.25) is 0 Å². The predicted molar refractivity (Wildman–Crippen MR) is 136 cm³/mol. The van der Waals surface area contributed by atoms with Crippen LogP contribution in [0.15, 0.2) is 71.7 Å². The SMILES string of the molecule is O=C1CCN(c2ccc(F)cc2)C12CCN(CCCn1c(=O)c3cccn3c3ccccc31)CC2. The minimum absolute atomic E-state index is 0.0396. The minimum atomic E-state index is -0.471. The number of rotatable bonds is 5. The number of fused-ring (bicyclic) bond motifs is 3. The number of carbonyl (C=O) groups excluding carboxylic acids is 1. The van der Waals surface area contributed by atoms with Gasteiger partial charge in [-0.1, -0.05) is 12.1 Å². The fourth-order valence-corrected chi connectivity index (χ4v) is 6.09. The number of nitrogens with zero attached hydrogens (tertiary/aromatic N) is 4. The highest BCUT2D eigenvalue weighted by Crippen LogP contribution is 2.39.